The molecule has 5 atom stereocenters. The third-order valence-corrected chi connectivity index (χ3v) is 4.37. The highest BCUT2D eigenvalue weighted by atomic mass is 16.3. The van der Waals surface area contributed by atoms with E-state index >= 15 is 0 Å². The van der Waals surface area contributed by atoms with Crippen molar-refractivity contribution < 1.29 is 5.11 Å². The molecule has 16 heavy (non-hydrogen) atoms. The van der Waals surface area contributed by atoms with Gasteiger partial charge in [-0.3, -0.25) is 4.98 Å². The van der Waals surface area contributed by atoms with Crippen LogP contribution in [0.15, 0.2) is 18.3 Å². The van der Waals surface area contributed by atoms with Gasteiger partial charge in [0.1, 0.15) is 0 Å². The van der Waals surface area contributed by atoms with E-state index in [-0.39, 0.29) is 12.1 Å². The van der Waals surface area contributed by atoms with Crippen molar-refractivity contribution in [2.75, 3.05) is 0 Å². The van der Waals surface area contributed by atoms with E-state index in [0.29, 0.717) is 17.8 Å². The molecule has 86 valence electrons. The second-order valence-corrected chi connectivity index (χ2v) is 5.30. The summed E-state index contributed by atoms with van der Waals surface area (Å²) in [6.07, 6.45) is 3.78. The van der Waals surface area contributed by atoms with E-state index in [2.05, 4.69) is 17.1 Å². The van der Waals surface area contributed by atoms with Crippen molar-refractivity contribution >= 4 is 0 Å². The summed E-state index contributed by atoms with van der Waals surface area (Å²) < 4.78 is 0. The van der Waals surface area contributed by atoms with Gasteiger partial charge in [-0.1, -0.05) is 0 Å². The average Bonchev–Trinajstić information content (AvgIpc) is 2.80. The number of nitrogens with two attached hydrogens (primary N) is 1. The molecular weight excluding hydrogens is 200 g/mol. The van der Waals surface area contributed by atoms with E-state index in [0.717, 1.165) is 18.5 Å². The minimum Gasteiger partial charge on any atom is -0.391 e. The van der Waals surface area contributed by atoms with Gasteiger partial charge in [0, 0.05) is 17.9 Å². The standard InChI is InChI=1S/C13H18N2O/c1-7-4-8(2-3-15-7)10-5-9-6-11(10)12(14)13(9)16/h2-4,9-13,16H,5-6,14H2,1H3. The van der Waals surface area contributed by atoms with Gasteiger partial charge < -0.3 is 10.8 Å². The second kappa shape index (κ2) is 3.54. The van der Waals surface area contributed by atoms with Crippen LogP contribution >= 0.6 is 0 Å². The molecule has 2 fully saturated rings. The van der Waals surface area contributed by atoms with Crippen LogP contribution in [0.1, 0.15) is 30.0 Å². The van der Waals surface area contributed by atoms with E-state index in [4.69, 9.17) is 5.73 Å². The fourth-order valence-corrected chi connectivity index (χ4v) is 3.56. The SMILES string of the molecule is Cc1cc(C2CC3CC2C(N)C3O)ccn1. The lowest BCUT2D eigenvalue weighted by Crippen LogP contribution is -2.42. The van der Waals surface area contributed by atoms with Crippen molar-refractivity contribution in [1.29, 1.82) is 0 Å². The van der Waals surface area contributed by atoms with E-state index in [1.54, 1.807) is 0 Å². The maximum atomic E-state index is 9.87. The van der Waals surface area contributed by atoms with Crippen LogP contribution in [-0.4, -0.2) is 22.2 Å². The smallest absolute Gasteiger partial charge is 0.0722 e. The number of hydrogen-bond acceptors (Lipinski definition) is 3. The Bertz CT molecular complexity index is 405. The molecule has 3 N–H and O–H groups in total. The van der Waals surface area contributed by atoms with Crippen molar-refractivity contribution in [2.45, 2.75) is 37.8 Å². The summed E-state index contributed by atoms with van der Waals surface area (Å²) in [5, 5.41) is 9.87. The Balaban J connectivity index is 1.89. The molecule has 3 heteroatoms. The fraction of sp³-hybridized carbons (Fsp3) is 0.615. The normalized spacial score (nSPS) is 41.6. The minimum atomic E-state index is -0.274. The summed E-state index contributed by atoms with van der Waals surface area (Å²) in [5.74, 6) is 1.41. The van der Waals surface area contributed by atoms with Crippen LogP contribution in [0.25, 0.3) is 0 Å². The molecule has 0 radical (unpaired) electrons. The number of aromatic nitrogens is 1. The van der Waals surface area contributed by atoms with Gasteiger partial charge in [0.15, 0.2) is 0 Å². The fourth-order valence-electron chi connectivity index (χ4n) is 3.56. The van der Waals surface area contributed by atoms with Gasteiger partial charge >= 0.3 is 0 Å². The molecule has 2 saturated carbocycles. The number of aliphatic hydroxyl groups excluding tert-OH is 1. The Morgan fingerprint density at radius 3 is 2.88 bits per heavy atom. The maximum absolute atomic E-state index is 9.87. The zero-order valence-corrected chi connectivity index (χ0v) is 9.50. The average molecular weight is 218 g/mol. The molecule has 5 unspecified atom stereocenters. The van der Waals surface area contributed by atoms with Gasteiger partial charge in [0.25, 0.3) is 0 Å². The third kappa shape index (κ3) is 1.39. The lowest BCUT2D eigenvalue weighted by Gasteiger charge is -2.30. The molecule has 1 heterocycles. The van der Waals surface area contributed by atoms with Crippen LogP contribution < -0.4 is 5.73 Å². The van der Waals surface area contributed by atoms with E-state index in [1.807, 2.05) is 13.1 Å². The molecule has 2 aliphatic rings. The first-order chi connectivity index (χ1) is 7.66. The van der Waals surface area contributed by atoms with Crippen LogP contribution in [0, 0.1) is 18.8 Å². The molecule has 2 bridgehead atoms. The first kappa shape index (κ1) is 10.2. The lowest BCUT2D eigenvalue weighted by molar-refractivity contribution is 0.0875. The van der Waals surface area contributed by atoms with Gasteiger partial charge in [-0.2, -0.15) is 0 Å². The molecule has 3 rings (SSSR count). The van der Waals surface area contributed by atoms with E-state index < -0.39 is 0 Å². The molecule has 1 aromatic rings. The van der Waals surface area contributed by atoms with Gasteiger partial charge in [-0.15, -0.1) is 0 Å². The highest BCUT2D eigenvalue weighted by Crippen LogP contribution is 2.52. The number of nitrogens with zero attached hydrogens (tertiary/aromatic N) is 1. The highest BCUT2D eigenvalue weighted by molar-refractivity contribution is 5.25. The molecule has 2 aliphatic carbocycles. The summed E-state index contributed by atoms with van der Waals surface area (Å²) in [4.78, 5) is 4.23. The Morgan fingerprint density at radius 2 is 2.25 bits per heavy atom. The maximum Gasteiger partial charge on any atom is 0.0722 e. The second-order valence-electron chi connectivity index (χ2n) is 5.30. The molecule has 0 saturated heterocycles. The number of hydrogen-bond donors (Lipinski definition) is 2. The number of rotatable bonds is 1. The van der Waals surface area contributed by atoms with Crippen LogP contribution in [-0.2, 0) is 0 Å². The van der Waals surface area contributed by atoms with Crippen molar-refractivity contribution in [3.63, 3.8) is 0 Å². The molecule has 1 aromatic heterocycles. The summed E-state index contributed by atoms with van der Waals surface area (Å²) in [7, 11) is 0. The van der Waals surface area contributed by atoms with Crippen molar-refractivity contribution in [1.82, 2.24) is 4.98 Å². The first-order valence-electron chi connectivity index (χ1n) is 6.03. The number of pyridine rings is 1. The van der Waals surface area contributed by atoms with Crippen LogP contribution in [0.3, 0.4) is 0 Å². The molecular formula is C13H18N2O. The predicted molar refractivity (Wildman–Crippen MR) is 61.9 cm³/mol. The topological polar surface area (TPSA) is 59.1 Å². The van der Waals surface area contributed by atoms with Gasteiger partial charge in [-0.25, -0.2) is 0 Å². The molecule has 3 nitrogen and oxygen atoms in total. The highest BCUT2D eigenvalue weighted by Gasteiger charge is 2.50. The zero-order valence-electron chi connectivity index (χ0n) is 9.50. The van der Waals surface area contributed by atoms with E-state index in [9.17, 15) is 5.11 Å². The lowest BCUT2D eigenvalue weighted by atomic mass is 9.80. The van der Waals surface area contributed by atoms with Crippen LogP contribution in [0.4, 0.5) is 0 Å². The largest absolute Gasteiger partial charge is 0.391 e. The zero-order chi connectivity index (χ0) is 11.3. The quantitative estimate of drug-likeness (QED) is 0.744. The van der Waals surface area contributed by atoms with Crippen molar-refractivity contribution in [3.05, 3.63) is 29.6 Å². The van der Waals surface area contributed by atoms with E-state index in [1.165, 1.54) is 5.56 Å². The number of aliphatic hydroxyl groups is 1. The van der Waals surface area contributed by atoms with Gasteiger partial charge in [-0.05, 0) is 55.2 Å². The van der Waals surface area contributed by atoms with Crippen molar-refractivity contribution in [2.24, 2.45) is 17.6 Å². The summed E-state index contributed by atoms with van der Waals surface area (Å²) >= 11 is 0. The van der Waals surface area contributed by atoms with Gasteiger partial charge in [0.2, 0.25) is 0 Å². The Labute approximate surface area is 95.7 Å². The Kier molecular flexibility index (Phi) is 2.26. The number of fused-ring (bicyclic) bond motifs is 2. The third-order valence-electron chi connectivity index (χ3n) is 4.37. The monoisotopic (exact) mass is 218 g/mol. The Hall–Kier alpha value is -0.930. The number of aryl methyl sites for hydroxylation is 1. The minimum absolute atomic E-state index is 0.0304. The molecule has 0 aliphatic heterocycles. The van der Waals surface area contributed by atoms with Crippen LogP contribution in [0.2, 0.25) is 0 Å². The Morgan fingerprint density at radius 1 is 1.44 bits per heavy atom. The summed E-state index contributed by atoms with van der Waals surface area (Å²) in [6.45, 7) is 2.02. The van der Waals surface area contributed by atoms with Gasteiger partial charge in [0.05, 0.1) is 6.10 Å². The molecule has 0 spiro atoms. The van der Waals surface area contributed by atoms with Crippen LogP contribution in [0.5, 0.6) is 0 Å². The summed E-state index contributed by atoms with van der Waals surface area (Å²) in [5.41, 5.74) is 8.48. The molecule has 0 aromatic carbocycles. The first-order valence-corrected chi connectivity index (χ1v) is 6.03. The van der Waals surface area contributed by atoms with Crippen molar-refractivity contribution in [3.8, 4) is 0 Å². The molecule has 0 amide bonds. The predicted octanol–water partition coefficient (Wildman–Crippen LogP) is 1.20. The summed E-state index contributed by atoms with van der Waals surface area (Å²) in [6, 6.07) is 4.22.